The van der Waals surface area contributed by atoms with E-state index in [9.17, 15) is 4.79 Å². The zero-order valence-electron chi connectivity index (χ0n) is 8.55. The normalized spacial score (nSPS) is 28.0. The Bertz CT molecular complexity index is 180. The van der Waals surface area contributed by atoms with E-state index in [1.165, 1.54) is 0 Å². The van der Waals surface area contributed by atoms with Crippen LogP contribution in [0.25, 0.3) is 0 Å². The molecule has 0 saturated heterocycles. The minimum absolute atomic E-state index is 0.0683. The Labute approximate surface area is 80.1 Å². The highest BCUT2D eigenvalue weighted by Crippen LogP contribution is 2.23. The molecule has 3 nitrogen and oxygen atoms in total. The zero-order chi connectivity index (χ0) is 9.84. The lowest BCUT2D eigenvalue weighted by Gasteiger charge is -2.15. The fourth-order valence-electron chi connectivity index (χ4n) is 1.75. The van der Waals surface area contributed by atoms with Gasteiger partial charge in [-0.25, -0.2) is 0 Å². The Morgan fingerprint density at radius 3 is 2.69 bits per heavy atom. The molecule has 0 bridgehead atoms. The zero-order valence-corrected chi connectivity index (χ0v) is 8.55. The minimum Gasteiger partial charge on any atom is -0.356 e. The maximum atomic E-state index is 11.6. The number of rotatable bonds is 3. The van der Waals surface area contributed by atoms with Crippen molar-refractivity contribution in [3.8, 4) is 0 Å². The minimum atomic E-state index is 0.0683. The quantitative estimate of drug-likeness (QED) is 0.684. The SMILES string of the molecule is CC(C)CNC(=O)C1CCCC1N. The topological polar surface area (TPSA) is 55.1 Å². The third kappa shape index (κ3) is 2.99. The summed E-state index contributed by atoms with van der Waals surface area (Å²) in [6, 6.07) is 0.0900. The number of nitrogens with one attached hydrogen (secondary N) is 1. The Balaban J connectivity index is 2.30. The average molecular weight is 184 g/mol. The maximum Gasteiger partial charge on any atom is 0.224 e. The molecule has 1 rings (SSSR count). The van der Waals surface area contributed by atoms with Crippen LogP contribution in [0.2, 0.25) is 0 Å². The lowest BCUT2D eigenvalue weighted by Crippen LogP contribution is -2.39. The fraction of sp³-hybridized carbons (Fsp3) is 0.900. The molecule has 1 aliphatic rings. The van der Waals surface area contributed by atoms with Gasteiger partial charge >= 0.3 is 0 Å². The average Bonchev–Trinajstić information content (AvgIpc) is 2.47. The summed E-state index contributed by atoms with van der Waals surface area (Å²) in [4.78, 5) is 11.6. The van der Waals surface area contributed by atoms with Crippen LogP contribution in [-0.2, 0) is 4.79 Å². The number of amides is 1. The number of hydrogen-bond donors (Lipinski definition) is 2. The largest absolute Gasteiger partial charge is 0.356 e. The number of nitrogens with two attached hydrogens (primary N) is 1. The molecule has 0 spiro atoms. The molecule has 1 amide bonds. The van der Waals surface area contributed by atoms with E-state index in [4.69, 9.17) is 5.73 Å². The third-order valence-corrected chi connectivity index (χ3v) is 2.59. The van der Waals surface area contributed by atoms with Gasteiger partial charge in [0.15, 0.2) is 0 Å². The monoisotopic (exact) mass is 184 g/mol. The van der Waals surface area contributed by atoms with Crippen LogP contribution in [0.5, 0.6) is 0 Å². The predicted octanol–water partition coefficient (Wildman–Crippen LogP) is 0.886. The molecule has 0 heterocycles. The molecule has 1 aliphatic carbocycles. The Kier molecular flexibility index (Phi) is 3.72. The lowest BCUT2D eigenvalue weighted by molar-refractivity contribution is -0.125. The van der Waals surface area contributed by atoms with Gasteiger partial charge in [0.1, 0.15) is 0 Å². The summed E-state index contributed by atoms with van der Waals surface area (Å²) in [5, 5.41) is 2.94. The van der Waals surface area contributed by atoms with Crippen molar-refractivity contribution in [3.63, 3.8) is 0 Å². The van der Waals surface area contributed by atoms with E-state index < -0.39 is 0 Å². The van der Waals surface area contributed by atoms with Crippen LogP contribution in [0.4, 0.5) is 0 Å². The van der Waals surface area contributed by atoms with Crippen molar-refractivity contribution in [2.45, 2.75) is 39.2 Å². The van der Waals surface area contributed by atoms with E-state index in [0.717, 1.165) is 25.8 Å². The summed E-state index contributed by atoms with van der Waals surface area (Å²) >= 11 is 0. The van der Waals surface area contributed by atoms with Gasteiger partial charge in [-0.1, -0.05) is 20.3 Å². The molecule has 3 heteroatoms. The van der Waals surface area contributed by atoms with E-state index >= 15 is 0 Å². The molecular weight excluding hydrogens is 164 g/mol. The second-order valence-electron chi connectivity index (χ2n) is 4.34. The summed E-state index contributed by atoms with van der Waals surface area (Å²) < 4.78 is 0. The van der Waals surface area contributed by atoms with E-state index in [1.54, 1.807) is 0 Å². The Morgan fingerprint density at radius 1 is 1.54 bits per heavy atom. The van der Waals surface area contributed by atoms with Gasteiger partial charge in [0, 0.05) is 12.6 Å². The molecule has 3 N–H and O–H groups in total. The van der Waals surface area contributed by atoms with Crippen LogP contribution < -0.4 is 11.1 Å². The summed E-state index contributed by atoms with van der Waals surface area (Å²) in [6.45, 7) is 4.95. The number of carbonyl (C=O) groups is 1. The van der Waals surface area contributed by atoms with Crippen LogP contribution in [0, 0.1) is 11.8 Å². The predicted molar refractivity (Wildman–Crippen MR) is 53.2 cm³/mol. The summed E-state index contributed by atoms with van der Waals surface area (Å²) in [5.41, 5.74) is 5.83. The van der Waals surface area contributed by atoms with Gasteiger partial charge in [-0.3, -0.25) is 4.79 Å². The van der Waals surface area contributed by atoms with Gasteiger partial charge < -0.3 is 11.1 Å². The van der Waals surface area contributed by atoms with Crippen LogP contribution in [0.15, 0.2) is 0 Å². The van der Waals surface area contributed by atoms with Gasteiger partial charge in [0.2, 0.25) is 5.91 Å². The van der Waals surface area contributed by atoms with Gasteiger partial charge in [0.25, 0.3) is 0 Å². The van der Waals surface area contributed by atoms with E-state index in [1.807, 2.05) is 0 Å². The molecule has 0 aromatic rings. The van der Waals surface area contributed by atoms with Crippen molar-refractivity contribution in [3.05, 3.63) is 0 Å². The van der Waals surface area contributed by atoms with Gasteiger partial charge in [0.05, 0.1) is 5.92 Å². The van der Waals surface area contributed by atoms with E-state index in [0.29, 0.717) is 5.92 Å². The van der Waals surface area contributed by atoms with E-state index in [2.05, 4.69) is 19.2 Å². The molecule has 1 saturated carbocycles. The van der Waals surface area contributed by atoms with Crippen molar-refractivity contribution < 1.29 is 4.79 Å². The molecule has 2 unspecified atom stereocenters. The van der Waals surface area contributed by atoms with Crippen molar-refractivity contribution in [1.82, 2.24) is 5.32 Å². The van der Waals surface area contributed by atoms with Crippen molar-refractivity contribution in [1.29, 1.82) is 0 Å². The first-order valence-electron chi connectivity index (χ1n) is 5.14. The Hall–Kier alpha value is -0.570. The van der Waals surface area contributed by atoms with Crippen LogP contribution in [-0.4, -0.2) is 18.5 Å². The van der Waals surface area contributed by atoms with E-state index in [-0.39, 0.29) is 17.9 Å². The molecule has 0 aliphatic heterocycles. The maximum absolute atomic E-state index is 11.6. The fourth-order valence-corrected chi connectivity index (χ4v) is 1.75. The highest BCUT2D eigenvalue weighted by molar-refractivity contribution is 5.79. The molecule has 13 heavy (non-hydrogen) atoms. The highest BCUT2D eigenvalue weighted by atomic mass is 16.1. The standard InChI is InChI=1S/C10H20N2O/c1-7(2)6-12-10(13)8-4-3-5-9(8)11/h7-9H,3-6,11H2,1-2H3,(H,12,13). The Morgan fingerprint density at radius 2 is 2.23 bits per heavy atom. The number of hydrogen-bond acceptors (Lipinski definition) is 2. The molecule has 0 radical (unpaired) electrons. The van der Waals surface area contributed by atoms with Gasteiger partial charge in [-0.05, 0) is 18.8 Å². The second-order valence-corrected chi connectivity index (χ2v) is 4.34. The van der Waals surface area contributed by atoms with Crippen LogP contribution in [0.1, 0.15) is 33.1 Å². The number of carbonyl (C=O) groups excluding carboxylic acids is 1. The molecule has 2 atom stereocenters. The van der Waals surface area contributed by atoms with Crippen LogP contribution >= 0.6 is 0 Å². The molecule has 0 aromatic heterocycles. The summed E-state index contributed by atoms with van der Waals surface area (Å²) in [6.07, 6.45) is 3.06. The molecule has 76 valence electrons. The molecular formula is C10H20N2O. The summed E-state index contributed by atoms with van der Waals surface area (Å²) in [5.74, 6) is 0.735. The smallest absolute Gasteiger partial charge is 0.224 e. The van der Waals surface area contributed by atoms with Gasteiger partial charge in [-0.2, -0.15) is 0 Å². The highest BCUT2D eigenvalue weighted by Gasteiger charge is 2.29. The molecule has 1 fully saturated rings. The first kappa shape index (κ1) is 10.5. The second kappa shape index (κ2) is 4.61. The summed E-state index contributed by atoms with van der Waals surface area (Å²) in [7, 11) is 0. The van der Waals surface area contributed by atoms with Crippen LogP contribution in [0.3, 0.4) is 0 Å². The first-order valence-corrected chi connectivity index (χ1v) is 5.14. The van der Waals surface area contributed by atoms with Crippen molar-refractivity contribution in [2.75, 3.05) is 6.54 Å². The van der Waals surface area contributed by atoms with Gasteiger partial charge in [-0.15, -0.1) is 0 Å². The van der Waals surface area contributed by atoms with Crippen molar-refractivity contribution in [2.24, 2.45) is 17.6 Å². The third-order valence-electron chi connectivity index (χ3n) is 2.59. The lowest BCUT2D eigenvalue weighted by atomic mass is 10.0. The first-order chi connectivity index (χ1) is 6.11. The molecule has 0 aromatic carbocycles. The van der Waals surface area contributed by atoms with Crippen molar-refractivity contribution >= 4 is 5.91 Å².